The molecule has 0 aliphatic rings. The van der Waals surface area contributed by atoms with Gasteiger partial charge in [0.1, 0.15) is 0 Å². The van der Waals surface area contributed by atoms with Crippen LogP contribution < -0.4 is 0 Å². The van der Waals surface area contributed by atoms with Crippen molar-refractivity contribution in [2.45, 2.75) is 6.92 Å². The van der Waals surface area contributed by atoms with Crippen LogP contribution in [0.25, 0.3) is 0 Å². The first-order valence-corrected chi connectivity index (χ1v) is 3.25. The Morgan fingerprint density at radius 2 is 2.38 bits per heavy atom. The Morgan fingerprint density at radius 3 is 2.50 bits per heavy atom. The fourth-order valence-electron chi connectivity index (χ4n) is 0.176. The summed E-state index contributed by atoms with van der Waals surface area (Å²) in [5.41, 5.74) is 1.79. The second-order valence-corrected chi connectivity index (χ2v) is 1.84. The van der Waals surface area contributed by atoms with Crippen molar-refractivity contribution in [2.75, 3.05) is 0 Å². The molecule has 1 rings (SSSR count). The van der Waals surface area contributed by atoms with E-state index < -0.39 is 0 Å². The maximum atomic E-state index is 3.74. The van der Waals surface area contributed by atoms with Crippen LogP contribution in [0.2, 0.25) is 0 Å². The molecule has 0 N–H and O–H groups in total. The lowest BCUT2D eigenvalue weighted by molar-refractivity contribution is 1.43. The summed E-state index contributed by atoms with van der Waals surface area (Å²) in [5, 5.41) is 1.93. The third kappa shape index (κ3) is 5.37. The van der Waals surface area contributed by atoms with E-state index in [0.717, 1.165) is 0 Å². The van der Waals surface area contributed by atoms with E-state index >= 15 is 0 Å². The van der Waals surface area contributed by atoms with Crippen molar-refractivity contribution in [3.8, 4) is 0 Å². The van der Waals surface area contributed by atoms with E-state index in [2.05, 4.69) is 11.6 Å². The first kappa shape index (κ1) is 7.37. The standard InChI is InChI=1S/C3H3NS.C3H6/c1-2-5-3-4-1;1-3-2/h1-3H;3H,1H2,2H3. The van der Waals surface area contributed by atoms with Gasteiger partial charge in [0.05, 0.1) is 5.51 Å². The van der Waals surface area contributed by atoms with Crippen molar-refractivity contribution < 1.29 is 0 Å². The Kier molecular flexibility index (Phi) is 5.87. The van der Waals surface area contributed by atoms with E-state index in [9.17, 15) is 0 Å². The van der Waals surface area contributed by atoms with Crippen molar-refractivity contribution in [1.82, 2.24) is 4.98 Å². The molecule has 0 spiro atoms. The second kappa shape index (κ2) is 6.37. The summed E-state index contributed by atoms with van der Waals surface area (Å²) in [5.74, 6) is 0. The van der Waals surface area contributed by atoms with Crippen molar-refractivity contribution in [2.24, 2.45) is 0 Å². The molecule has 44 valence electrons. The number of rotatable bonds is 0. The van der Waals surface area contributed by atoms with E-state index in [1.54, 1.807) is 29.1 Å². The minimum atomic E-state index is 1.60. The van der Waals surface area contributed by atoms with Crippen molar-refractivity contribution in [3.63, 3.8) is 0 Å². The van der Waals surface area contributed by atoms with Crippen LogP contribution in [0.15, 0.2) is 29.7 Å². The summed E-state index contributed by atoms with van der Waals surface area (Å²) in [6.07, 6.45) is 3.52. The first-order valence-electron chi connectivity index (χ1n) is 2.31. The average molecular weight is 127 g/mol. The molecule has 0 aliphatic carbocycles. The van der Waals surface area contributed by atoms with Gasteiger partial charge in [0.25, 0.3) is 0 Å². The Hall–Kier alpha value is -0.630. The minimum absolute atomic E-state index is 1.60. The van der Waals surface area contributed by atoms with Gasteiger partial charge >= 0.3 is 0 Å². The molecule has 1 aromatic rings. The molecule has 1 nitrogen and oxygen atoms in total. The normalized spacial score (nSPS) is 6.62. The molecule has 0 fully saturated rings. The highest BCUT2D eigenvalue weighted by Crippen LogP contribution is 1.85. The molecule has 8 heavy (non-hydrogen) atoms. The van der Waals surface area contributed by atoms with Gasteiger partial charge in [0.2, 0.25) is 0 Å². The zero-order valence-corrected chi connectivity index (χ0v) is 5.69. The highest BCUT2D eigenvalue weighted by atomic mass is 32.1. The Labute approximate surface area is 53.7 Å². The van der Waals surface area contributed by atoms with Crippen LogP contribution in [0.3, 0.4) is 0 Å². The maximum Gasteiger partial charge on any atom is 0.0791 e. The molecule has 0 atom stereocenters. The van der Waals surface area contributed by atoms with E-state index in [0.29, 0.717) is 0 Å². The molecule has 0 bridgehead atoms. The molecule has 0 radical (unpaired) electrons. The smallest absolute Gasteiger partial charge is 0.0791 e. The number of hydrogen-bond donors (Lipinski definition) is 0. The number of aromatic nitrogens is 1. The Balaban J connectivity index is 0.000000145. The van der Waals surface area contributed by atoms with Gasteiger partial charge in [-0.3, -0.25) is 4.98 Å². The van der Waals surface area contributed by atoms with Gasteiger partial charge in [0.15, 0.2) is 0 Å². The topological polar surface area (TPSA) is 12.9 Å². The summed E-state index contributed by atoms with van der Waals surface area (Å²) in [6, 6.07) is 0. The fourth-order valence-corrected chi connectivity index (χ4v) is 0.527. The van der Waals surface area contributed by atoms with Crippen LogP contribution in [0.4, 0.5) is 0 Å². The van der Waals surface area contributed by atoms with Gasteiger partial charge in [0, 0.05) is 11.6 Å². The van der Waals surface area contributed by atoms with Gasteiger partial charge in [-0.15, -0.1) is 17.9 Å². The number of allylic oxidation sites excluding steroid dienone is 1. The van der Waals surface area contributed by atoms with Crippen molar-refractivity contribution in [3.05, 3.63) is 29.7 Å². The molecule has 0 saturated heterocycles. The summed E-state index contributed by atoms with van der Waals surface area (Å²) < 4.78 is 0. The Morgan fingerprint density at radius 1 is 1.75 bits per heavy atom. The van der Waals surface area contributed by atoms with Gasteiger partial charge in [-0.25, -0.2) is 0 Å². The number of hydrogen-bond acceptors (Lipinski definition) is 2. The predicted octanol–water partition coefficient (Wildman–Crippen LogP) is 2.34. The molecule has 1 heterocycles. The highest BCUT2D eigenvalue weighted by Gasteiger charge is 1.59. The van der Waals surface area contributed by atoms with E-state index in [-0.39, 0.29) is 0 Å². The summed E-state index contributed by atoms with van der Waals surface area (Å²) in [7, 11) is 0. The van der Waals surface area contributed by atoms with Crippen LogP contribution >= 0.6 is 11.3 Å². The highest BCUT2D eigenvalue weighted by molar-refractivity contribution is 7.07. The number of nitrogens with zero attached hydrogens (tertiary/aromatic N) is 1. The van der Waals surface area contributed by atoms with Crippen LogP contribution in [-0.2, 0) is 0 Å². The quantitative estimate of drug-likeness (QED) is 0.487. The molecular weight excluding hydrogens is 118 g/mol. The summed E-state index contributed by atoms with van der Waals surface area (Å²) in [6.45, 7) is 5.25. The van der Waals surface area contributed by atoms with Crippen molar-refractivity contribution >= 4 is 11.3 Å². The third-order valence-corrected chi connectivity index (χ3v) is 0.869. The summed E-state index contributed by atoms with van der Waals surface area (Å²) in [4.78, 5) is 3.74. The SMILES string of the molecule is C=CC.c1cscn1. The van der Waals surface area contributed by atoms with Crippen LogP contribution in [0, 0.1) is 0 Å². The molecule has 1 aromatic heterocycles. The Bertz CT molecular complexity index is 94.9. The molecule has 2 heteroatoms. The molecule has 0 saturated carbocycles. The van der Waals surface area contributed by atoms with Crippen LogP contribution in [0.5, 0.6) is 0 Å². The van der Waals surface area contributed by atoms with Gasteiger partial charge in [-0.1, -0.05) is 6.08 Å². The lowest BCUT2D eigenvalue weighted by atomic mass is 10.8. The first-order chi connectivity index (χ1) is 3.91. The van der Waals surface area contributed by atoms with Crippen LogP contribution in [-0.4, -0.2) is 4.98 Å². The van der Waals surface area contributed by atoms with Crippen molar-refractivity contribution in [1.29, 1.82) is 0 Å². The molecular formula is C6H9NS. The largest absolute Gasteiger partial charge is 0.253 e. The predicted molar refractivity (Wildman–Crippen MR) is 38.0 cm³/mol. The molecule has 0 amide bonds. The zero-order valence-electron chi connectivity index (χ0n) is 4.87. The maximum absolute atomic E-state index is 3.74. The zero-order chi connectivity index (χ0) is 6.24. The molecule has 0 aliphatic heterocycles. The fraction of sp³-hybridized carbons (Fsp3) is 0.167. The van der Waals surface area contributed by atoms with Gasteiger partial charge < -0.3 is 0 Å². The minimum Gasteiger partial charge on any atom is -0.253 e. The van der Waals surface area contributed by atoms with Gasteiger partial charge in [-0.05, 0) is 6.92 Å². The molecule has 0 aromatic carbocycles. The van der Waals surface area contributed by atoms with E-state index in [1.807, 2.05) is 12.3 Å². The second-order valence-electron chi connectivity index (χ2n) is 1.08. The van der Waals surface area contributed by atoms with Crippen LogP contribution in [0.1, 0.15) is 6.92 Å². The third-order valence-electron chi connectivity index (χ3n) is 0.347. The van der Waals surface area contributed by atoms with E-state index in [1.165, 1.54) is 0 Å². The number of thiazole rings is 1. The summed E-state index contributed by atoms with van der Waals surface area (Å²) >= 11 is 1.60. The average Bonchev–Trinajstić information content (AvgIpc) is 2.17. The van der Waals surface area contributed by atoms with E-state index in [4.69, 9.17) is 0 Å². The molecule has 0 unspecified atom stereocenters. The lowest BCUT2D eigenvalue weighted by Gasteiger charge is -1.41. The lowest BCUT2D eigenvalue weighted by Crippen LogP contribution is -1.38. The van der Waals surface area contributed by atoms with Gasteiger partial charge in [-0.2, -0.15) is 0 Å². The monoisotopic (exact) mass is 127 g/mol.